The van der Waals surface area contributed by atoms with Crippen LogP contribution in [0.3, 0.4) is 0 Å². The normalized spacial score (nSPS) is 10.4. The van der Waals surface area contributed by atoms with Gasteiger partial charge in [-0.1, -0.05) is 13.8 Å². The van der Waals surface area contributed by atoms with E-state index in [-0.39, 0.29) is 0 Å². The van der Waals surface area contributed by atoms with E-state index in [1.54, 1.807) is 0 Å². The topological polar surface area (TPSA) is 30.3 Å². The van der Waals surface area contributed by atoms with Crippen LogP contribution in [-0.2, 0) is 6.42 Å². The Morgan fingerprint density at radius 3 is 1.70 bits per heavy atom. The lowest BCUT2D eigenvalue weighted by Gasteiger charge is -2.28. The van der Waals surface area contributed by atoms with Gasteiger partial charge in [-0.3, -0.25) is 0 Å². The first-order valence-electron chi connectivity index (χ1n) is 8.32. The summed E-state index contributed by atoms with van der Waals surface area (Å²) in [5.74, 6) is 1.19. The molecule has 0 radical (unpaired) electrons. The number of nitrogens with zero attached hydrogens (tertiary/aromatic N) is 3. The van der Waals surface area contributed by atoms with Gasteiger partial charge in [-0.15, -0.1) is 23.2 Å². The molecule has 1 aromatic rings. The van der Waals surface area contributed by atoms with Crippen molar-refractivity contribution in [2.45, 2.75) is 33.1 Å². The molecule has 0 saturated carbocycles. The minimum atomic E-state index is 0.419. The van der Waals surface area contributed by atoms with Gasteiger partial charge in [0.25, 0.3) is 0 Å². The second kappa shape index (κ2) is 11.4. The molecule has 0 amide bonds. The molecule has 0 atom stereocenters. The van der Waals surface area contributed by atoms with Crippen LogP contribution in [0.25, 0.3) is 0 Å². The standard InChI is InChI=1S/C18H27Cl2N3/c1-3-9-22(11-6-19)17-13-16(5-8-21)14-18(15-17)23(10-4-2)12-7-20/h13-15H,3-7,9-12H2,1-2H3. The Labute approximate surface area is 150 Å². The lowest BCUT2D eigenvalue weighted by atomic mass is 10.1. The van der Waals surface area contributed by atoms with Gasteiger partial charge in [0.2, 0.25) is 0 Å². The highest BCUT2D eigenvalue weighted by Gasteiger charge is 2.12. The fraction of sp³-hybridized carbons (Fsp3) is 0.611. The van der Waals surface area contributed by atoms with Gasteiger partial charge in [-0.2, -0.15) is 5.26 Å². The van der Waals surface area contributed by atoms with Gasteiger partial charge in [-0.05, 0) is 36.6 Å². The van der Waals surface area contributed by atoms with Crippen molar-refractivity contribution >= 4 is 34.6 Å². The molecule has 0 aliphatic carbocycles. The molecule has 0 unspecified atom stereocenters. The third-order valence-corrected chi connectivity index (χ3v) is 4.01. The van der Waals surface area contributed by atoms with Gasteiger partial charge in [-0.25, -0.2) is 0 Å². The van der Waals surface area contributed by atoms with Crippen molar-refractivity contribution in [3.05, 3.63) is 23.8 Å². The van der Waals surface area contributed by atoms with E-state index in [9.17, 15) is 0 Å². The van der Waals surface area contributed by atoms with Gasteiger partial charge in [0, 0.05) is 49.3 Å². The van der Waals surface area contributed by atoms with Crippen molar-refractivity contribution in [1.82, 2.24) is 0 Å². The van der Waals surface area contributed by atoms with Gasteiger partial charge >= 0.3 is 0 Å². The predicted molar refractivity (Wildman–Crippen MR) is 102 cm³/mol. The van der Waals surface area contributed by atoms with Crippen molar-refractivity contribution in [1.29, 1.82) is 5.26 Å². The lowest BCUT2D eigenvalue weighted by molar-refractivity contribution is 0.782. The second-order valence-corrected chi connectivity index (χ2v) is 6.30. The molecule has 0 aliphatic rings. The smallest absolute Gasteiger partial charge is 0.0669 e. The third kappa shape index (κ3) is 6.49. The van der Waals surface area contributed by atoms with Crippen LogP contribution in [0, 0.1) is 11.3 Å². The molecule has 0 aliphatic heterocycles. The van der Waals surface area contributed by atoms with Gasteiger partial charge in [0.05, 0.1) is 12.5 Å². The average molecular weight is 356 g/mol. The molecular formula is C18H27Cl2N3. The molecular weight excluding hydrogens is 329 g/mol. The molecule has 5 heteroatoms. The molecule has 0 bridgehead atoms. The minimum absolute atomic E-state index is 0.419. The highest BCUT2D eigenvalue weighted by atomic mass is 35.5. The molecule has 0 fully saturated rings. The maximum Gasteiger partial charge on any atom is 0.0669 e. The summed E-state index contributed by atoms with van der Waals surface area (Å²) in [6.45, 7) is 7.88. The van der Waals surface area contributed by atoms with Crippen molar-refractivity contribution < 1.29 is 0 Å². The zero-order valence-corrected chi connectivity index (χ0v) is 15.7. The van der Waals surface area contributed by atoms with E-state index in [2.05, 4.69) is 47.9 Å². The summed E-state index contributed by atoms with van der Waals surface area (Å²) in [6.07, 6.45) is 2.55. The van der Waals surface area contributed by atoms with E-state index in [4.69, 9.17) is 28.5 Å². The number of hydrogen-bond acceptors (Lipinski definition) is 3. The Bertz CT molecular complexity index is 453. The molecule has 0 heterocycles. The van der Waals surface area contributed by atoms with Crippen molar-refractivity contribution in [2.24, 2.45) is 0 Å². The predicted octanol–water partition coefficient (Wildman–Crippen LogP) is 4.66. The molecule has 1 rings (SSSR count). The highest BCUT2D eigenvalue weighted by Crippen LogP contribution is 2.26. The second-order valence-electron chi connectivity index (χ2n) is 5.54. The van der Waals surface area contributed by atoms with Gasteiger partial charge in [0.15, 0.2) is 0 Å². The van der Waals surface area contributed by atoms with E-state index in [1.165, 1.54) is 0 Å². The Morgan fingerprint density at radius 1 is 0.870 bits per heavy atom. The van der Waals surface area contributed by atoms with E-state index in [0.717, 1.165) is 56.0 Å². The molecule has 23 heavy (non-hydrogen) atoms. The van der Waals surface area contributed by atoms with Crippen molar-refractivity contribution in [2.75, 3.05) is 47.7 Å². The highest BCUT2D eigenvalue weighted by molar-refractivity contribution is 6.18. The van der Waals surface area contributed by atoms with E-state index in [0.29, 0.717) is 18.2 Å². The largest absolute Gasteiger partial charge is 0.370 e. The number of rotatable bonds is 11. The van der Waals surface area contributed by atoms with Crippen LogP contribution in [0.15, 0.2) is 18.2 Å². The van der Waals surface area contributed by atoms with Crippen LogP contribution in [0.2, 0.25) is 0 Å². The molecule has 0 N–H and O–H groups in total. The Balaban J connectivity index is 3.20. The number of alkyl halides is 2. The van der Waals surface area contributed by atoms with E-state index < -0.39 is 0 Å². The maximum absolute atomic E-state index is 9.07. The van der Waals surface area contributed by atoms with Crippen LogP contribution in [0.5, 0.6) is 0 Å². The molecule has 1 aromatic carbocycles. The maximum atomic E-state index is 9.07. The molecule has 0 spiro atoms. The SMILES string of the molecule is CCCN(CCCl)c1cc(CC#N)cc(N(CCC)CCCl)c1. The molecule has 128 valence electrons. The van der Waals surface area contributed by atoms with Gasteiger partial charge in [0.1, 0.15) is 0 Å². The fourth-order valence-corrected chi connectivity index (χ4v) is 3.11. The Morgan fingerprint density at radius 2 is 1.35 bits per heavy atom. The van der Waals surface area contributed by atoms with Crippen molar-refractivity contribution in [3.8, 4) is 6.07 Å². The first-order chi connectivity index (χ1) is 11.2. The summed E-state index contributed by atoms with van der Waals surface area (Å²) in [6, 6.07) is 8.68. The minimum Gasteiger partial charge on any atom is -0.370 e. The number of hydrogen-bond donors (Lipinski definition) is 0. The number of benzene rings is 1. The average Bonchev–Trinajstić information content (AvgIpc) is 2.54. The lowest BCUT2D eigenvalue weighted by Crippen LogP contribution is -2.29. The summed E-state index contributed by atoms with van der Waals surface area (Å²) < 4.78 is 0. The Kier molecular flexibility index (Phi) is 9.91. The Hall–Kier alpha value is -1.11. The first-order valence-corrected chi connectivity index (χ1v) is 9.39. The van der Waals surface area contributed by atoms with E-state index in [1.807, 2.05) is 0 Å². The van der Waals surface area contributed by atoms with Gasteiger partial charge < -0.3 is 9.80 Å². The summed E-state index contributed by atoms with van der Waals surface area (Å²) in [5, 5.41) is 9.07. The third-order valence-electron chi connectivity index (χ3n) is 3.67. The van der Waals surface area contributed by atoms with Crippen LogP contribution in [-0.4, -0.2) is 37.9 Å². The monoisotopic (exact) mass is 355 g/mol. The number of anilines is 2. The van der Waals surface area contributed by atoms with Crippen LogP contribution in [0.4, 0.5) is 11.4 Å². The van der Waals surface area contributed by atoms with E-state index >= 15 is 0 Å². The molecule has 0 aromatic heterocycles. The first kappa shape index (κ1) is 19.9. The summed E-state index contributed by atoms with van der Waals surface area (Å²) in [5.41, 5.74) is 3.34. The number of nitriles is 1. The molecule has 3 nitrogen and oxygen atoms in total. The summed E-state index contributed by atoms with van der Waals surface area (Å²) in [7, 11) is 0. The zero-order valence-electron chi connectivity index (χ0n) is 14.2. The summed E-state index contributed by atoms with van der Waals surface area (Å²) in [4.78, 5) is 4.59. The molecule has 0 saturated heterocycles. The van der Waals surface area contributed by atoms with Crippen molar-refractivity contribution in [3.63, 3.8) is 0 Å². The fourth-order valence-electron chi connectivity index (χ4n) is 2.70. The van der Waals surface area contributed by atoms with Crippen LogP contribution < -0.4 is 9.80 Å². The summed E-state index contributed by atoms with van der Waals surface area (Å²) >= 11 is 11.9. The zero-order chi connectivity index (χ0) is 17.1. The number of halogens is 2. The van der Waals surface area contributed by atoms with Crippen LogP contribution in [0.1, 0.15) is 32.3 Å². The quantitative estimate of drug-likeness (QED) is 0.540. The van der Waals surface area contributed by atoms with Crippen LogP contribution >= 0.6 is 23.2 Å².